The summed E-state index contributed by atoms with van der Waals surface area (Å²) < 4.78 is 27.2. The molecule has 0 unspecified atom stereocenters. The number of sulfonamides is 1. The number of carbonyl (C=O) groups excluding carboxylic acids is 1. The molecule has 2 rings (SSSR count). The van der Waals surface area contributed by atoms with Gasteiger partial charge in [-0.1, -0.05) is 32.0 Å². The van der Waals surface area contributed by atoms with Crippen molar-refractivity contribution in [2.24, 2.45) is 0 Å². The highest BCUT2D eigenvalue weighted by molar-refractivity contribution is 7.89. The number of anilines is 1. The van der Waals surface area contributed by atoms with E-state index in [1.165, 1.54) is 15.9 Å². The SMILES string of the molecule is CCN(CC)S(=O)(=O)c1cc(C(=O)Nc2ccc(CCN(C)C)cc2)ccc1C. The molecule has 0 aliphatic rings. The minimum Gasteiger partial charge on any atom is -0.322 e. The number of likely N-dealkylation sites (N-methyl/N-ethyl adjacent to an activating group) is 1. The maximum atomic E-state index is 12.9. The average Bonchev–Trinajstić information content (AvgIpc) is 2.68. The van der Waals surface area contributed by atoms with Gasteiger partial charge in [-0.05, 0) is 62.8 Å². The zero-order valence-electron chi connectivity index (χ0n) is 17.9. The Hall–Kier alpha value is -2.22. The summed E-state index contributed by atoms with van der Waals surface area (Å²) in [6.45, 7) is 7.07. The van der Waals surface area contributed by atoms with Crippen molar-refractivity contribution >= 4 is 21.6 Å². The Morgan fingerprint density at radius 3 is 2.17 bits per heavy atom. The van der Waals surface area contributed by atoms with Gasteiger partial charge in [-0.2, -0.15) is 4.31 Å². The van der Waals surface area contributed by atoms with Crippen LogP contribution in [0.5, 0.6) is 0 Å². The maximum Gasteiger partial charge on any atom is 0.255 e. The third-order valence-corrected chi connectivity index (χ3v) is 7.02. The second kappa shape index (κ2) is 10.0. The number of benzene rings is 2. The van der Waals surface area contributed by atoms with Crippen LogP contribution in [0.15, 0.2) is 47.4 Å². The van der Waals surface area contributed by atoms with Crippen molar-refractivity contribution in [3.63, 3.8) is 0 Å². The molecule has 2 aromatic rings. The molecule has 6 nitrogen and oxygen atoms in total. The Kier molecular flexibility index (Phi) is 7.96. The molecule has 0 spiro atoms. The molecule has 0 saturated heterocycles. The number of hydrogen-bond donors (Lipinski definition) is 1. The van der Waals surface area contributed by atoms with E-state index in [0.29, 0.717) is 29.9 Å². The highest BCUT2D eigenvalue weighted by Crippen LogP contribution is 2.22. The highest BCUT2D eigenvalue weighted by atomic mass is 32.2. The third kappa shape index (κ3) is 5.88. The summed E-state index contributed by atoms with van der Waals surface area (Å²) in [4.78, 5) is 15.0. The number of amides is 1. The predicted octanol–water partition coefficient (Wildman–Crippen LogP) is 3.38. The van der Waals surface area contributed by atoms with Crippen molar-refractivity contribution in [2.45, 2.75) is 32.1 Å². The number of aryl methyl sites for hydroxylation is 1. The first-order valence-corrected chi connectivity index (χ1v) is 11.3. The van der Waals surface area contributed by atoms with Gasteiger partial charge in [-0.15, -0.1) is 0 Å². The Morgan fingerprint density at radius 2 is 1.62 bits per heavy atom. The topological polar surface area (TPSA) is 69.7 Å². The van der Waals surface area contributed by atoms with Crippen LogP contribution in [-0.4, -0.2) is 57.3 Å². The van der Waals surface area contributed by atoms with Crippen LogP contribution in [0.25, 0.3) is 0 Å². The van der Waals surface area contributed by atoms with Crippen LogP contribution in [0.3, 0.4) is 0 Å². The van der Waals surface area contributed by atoms with Crippen molar-refractivity contribution < 1.29 is 13.2 Å². The minimum atomic E-state index is -3.63. The van der Waals surface area contributed by atoms with Crippen molar-refractivity contribution in [1.29, 1.82) is 0 Å². The summed E-state index contributed by atoms with van der Waals surface area (Å²) >= 11 is 0. The average molecular weight is 418 g/mol. The number of nitrogens with zero attached hydrogens (tertiary/aromatic N) is 2. The maximum absolute atomic E-state index is 12.9. The lowest BCUT2D eigenvalue weighted by molar-refractivity contribution is 0.102. The standard InChI is InChI=1S/C22H31N3O3S/c1-6-25(7-2)29(27,28)21-16-19(11-8-17(21)3)22(26)23-20-12-9-18(10-13-20)14-15-24(4)5/h8-13,16H,6-7,14-15H2,1-5H3,(H,23,26). The molecule has 1 N–H and O–H groups in total. The molecular weight excluding hydrogens is 386 g/mol. The van der Waals surface area contributed by atoms with E-state index in [-0.39, 0.29) is 10.8 Å². The summed E-state index contributed by atoms with van der Waals surface area (Å²) in [6, 6.07) is 12.5. The normalized spacial score (nSPS) is 11.8. The van der Waals surface area contributed by atoms with Crippen LogP contribution < -0.4 is 5.32 Å². The van der Waals surface area contributed by atoms with Gasteiger partial charge in [0.05, 0.1) is 4.90 Å². The number of rotatable bonds is 9. The van der Waals surface area contributed by atoms with Crippen molar-refractivity contribution in [2.75, 3.05) is 39.0 Å². The second-order valence-corrected chi connectivity index (χ2v) is 9.18. The molecule has 0 fully saturated rings. The smallest absolute Gasteiger partial charge is 0.255 e. The van der Waals surface area contributed by atoms with Crippen LogP contribution in [0, 0.1) is 6.92 Å². The predicted molar refractivity (Wildman–Crippen MR) is 118 cm³/mol. The lowest BCUT2D eigenvalue weighted by Gasteiger charge is -2.20. The quantitative estimate of drug-likeness (QED) is 0.679. The lowest BCUT2D eigenvalue weighted by Crippen LogP contribution is -2.31. The molecule has 29 heavy (non-hydrogen) atoms. The molecule has 0 aliphatic carbocycles. The zero-order valence-corrected chi connectivity index (χ0v) is 18.7. The molecule has 0 saturated carbocycles. The highest BCUT2D eigenvalue weighted by Gasteiger charge is 2.24. The Bertz CT molecular complexity index is 934. The van der Waals surface area contributed by atoms with E-state index < -0.39 is 10.0 Å². The van der Waals surface area contributed by atoms with Crippen LogP contribution in [0.4, 0.5) is 5.69 Å². The van der Waals surface area contributed by atoms with E-state index >= 15 is 0 Å². The van der Waals surface area contributed by atoms with Gasteiger partial charge >= 0.3 is 0 Å². The fraction of sp³-hybridized carbons (Fsp3) is 0.409. The molecule has 0 radical (unpaired) electrons. The lowest BCUT2D eigenvalue weighted by atomic mass is 10.1. The molecule has 7 heteroatoms. The third-order valence-electron chi connectivity index (χ3n) is 4.83. The van der Waals surface area contributed by atoms with Gasteiger partial charge in [0, 0.05) is 30.9 Å². The molecule has 1 amide bonds. The van der Waals surface area contributed by atoms with E-state index in [1.54, 1.807) is 32.9 Å². The first-order chi connectivity index (χ1) is 13.7. The van der Waals surface area contributed by atoms with Gasteiger partial charge in [0.25, 0.3) is 5.91 Å². The largest absolute Gasteiger partial charge is 0.322 e. The Morgan fingerprint density at radius 1 is 1.00 bits per heavy atom. The molecule has 158 valence electrons. The van der Waals surface area contributed by atoms with E-state index in [4.69, 9.17) is 0 Å². The van der Waals surface area contributed by atoms with Gasteiger partial charge in [-0.3, -0.25) is 4.79 Å². The van der Waals surface area contributed by atoms with Crippen molar-refractivity contribution in [3.05, 3.63) is 59.2 Å². The number of carbonyl (C=O) groups is 1. The molecule has 0 heterocycles. The molecule has 0 aliphatic heterocycles. The van der Waals surface area contributed by atoms with Crippen LogP contribution in [0.2, 0.25) is 0 Å². The van der Waals surface area contributed by atoms with Crippen molar-refractivity contribution in [1.82, 2.24) is 9.21 Å². The van der Waals surface area contributed by atoms with E-state index in [9.17, 15) is 13.2 Å². The molecule has 0 atom stereocenters. The molecule has 0 bridgehead atoms. The van der Waals surface area contributed by atoms with Crippen LogP contribution >= 0.6 is 0 Å². The summed E-state index contributed by atoms with van der Waals surface area (Å²) in [5, 5.41) is 2.85. The van der Waals surface area contributed by atoms with Crippen molar-refractivity contribution in [3.8, 4) is 0 Å². The first-order valence-electron chi connectivity index (χ1n) is 9.84. The van der Waals surface area contributed by atoms with Gasteiger partial charge in [0.1, 0.15) is 0 Å². The molecule has 0 aromatic heterocycles. The monoisotopic (exact) mass is 417 g/mol. The minimum absolute atomic E-state index is 0.174. The van der Waals surface area contributed by atoms with E-state index in [2.05, 4.69) is 10.2 Å². The molecular formula is C22H31N3O3S. The van der Waals surface area contributed by atoms with Gasteiger partial charge in [0.15, 0.2) is 0 Å². The second-order valence-electron chi connectivity index (χ2n) is 7.27. The Balaban J connectivity index is 2.20. The van der Waals surface area contributed by atoms with Crippen LogP contribution in [0.1, 0.15) is 35.3 Å². The summed E-state index contributed by atoms with van der Waals surface area (Å²) in [6.07, 6.45) is 0.936. The Labute approximate surface area is 174 Å². The fourth-order valence-electron chi connectivity index (χ4n) is 3.03. The number of hydrogen-bond acceptors (Lipinski definition) is 4. The fourth-order valence-corrected chi connectivity index (χ4v) is 4.74. The van der Waals surface area contributed by atoms with Gasteiger partial charge < -0.3 is 10.2 Å². The summed E-state index contributed by atoms with van der Waals surface area (Å²) in [5.41, 5.74) is 2.81. The van der Waals surface area contributed by atoms with E-state index in [1.807, 2.05) is 38.4 Å². The first kappa shape index (κ1) is 23.1. The van der Waals surface area contributed by atoms with Gasteiger partial charge in [-0.25, -0.2) is 8.42 Å². The summed E-state index contributed by atoms with van der Waals surface area (Å²) in [5.74, 6) is -0.331. The molecule has 2 aromatic carbocycles. The van der Waals surface area contributed by atoms with Gasteiger partial charge in [0.2, 0.25) is 10.0 Å². The van der Waals surface area contributed by atoms with Crippen LogP contribution in [-0.2, 0) is 16.4 Å². The number of nitrogens with one attached hydrogen (secondary N) is 1. The zero-order chi connectivity index (χ0) is 21.6. The van der Waals surface area contributed by atoms with E-state index in [0.717, 1.165) is 13.0 Å². The summed E-state index contributed by atoms with van der Waals surface area (Å²) in [7, 11) is 0.435.